The second-order valence-corrected chi connectivity index (χ2v) is 5.85. The minimum Gasteiger partial charge on any atom is -0.490 e. The maximum Gasteiger partial charge on any atom is 0.339 e. The molecule has 1 aliphatic rings. The van der Waals surface area contributed by atoms with Gasteiger partial charge in [0.05, 0.1) is 6.61 Å². The number of methoxy groups -OCH3 is 1. The molecule has 5 heteroatoms. The highest BCUT2D eigenvalue weighted by Crippen LogP contribution is 2.43. The van der Waals surface area contributed by atoms with Crippen molar-refractivity contribution < 1.29 is 24.1 Å². The van der Waals surface area contributed by atoms with Crippen molar-refractivity contribution in [3.8, 4) is 11.5 Å². The van der Waals surface area contributed by atoms with Crippen LogP contribution in [0, 0.1) is 0 Å². The maximum absolute atomic E-state index is 11.5. The van der Waals surface area contributed by atoms with Gasteiger partial charge in [-0.15, -0.1) is 0 Å². The van der Waals surface area contributed by atoms with Crippen LogP contribution in [-0.4, -0.2) is 37.0 Å². The lowest BCUT2D eigenvalue weighted by atomic mass is 9.87. The summed E-state index contributed by atoms with van der Waals surface area (Å²) in [5.41, 5.74) is 2.63. The molecule has 0 aromatic heterocycles. The molecule has 0 unspecified atom stereocenters. The van der Waals surface area contributed by atoms with E-state index in [-0.39, 0.29) is 12.2 Å². The Labute approximate surface area is 130 Å². The van der Waals surface area contributed by atoms with Gasteiger partial charge >= 0.3 is 5.97 Å². The van der Waals surface area contributed by atoms with Gasteiger partial charge in [0.2, 0.25) is 0 Å². The van der Waals surface area contributed by atoms with Crippen molar-refractivity contribution in [2.24, 2.45) is 0 Å². The number of carboxylic acid groups (broad SMARTS) is 1. The minimum absolute atomic E-state index is 0.130. The number of ether oxygens (including phenoxy) is 3. The zero-order chi connectivity index (χ0) is 16.5. The van der Waals surface area contributed by atoms with Crippen LogP contribution < -0.4 is 9.47 Å². The molecular weight excluding hydrogens is 284 g/mol. The quantitative estimate of drug-likeness (QED) is 0.845. The summed E-state index contributed by atoms with van der Waals surface area (Å²) in [4.78, 5) is 11.5. The summed E-state index contributed by atoms with van der Waals surface area (Å²) in [6, 6.07) is 3.28. The van der Waals surface area contributed by atoms with E-state index in [2.05, 4.69) is 0 Å². The molecule has 5 nitrogen and oxygen atoms in total. The van der Waals surface area contributed by atoms with Crippen LogP contribution in [0.15, 0.2) is 17.7 Å². The number of benzene rings is 1. The molecule has 0 spiro atoms. The fraction of sp³-hybridized carbons (Fsp3) is 0.471. The van der Waals surface area contributed by atoms with E-state index in [1.807, 2.05) is 27.7 Å². The molecule has 0 fully saturated rings. The Balaban J connectivity index is 2.50. The van der Waals surface area contributed by atoms with Crippen molar-refractivity contribution in [3.05, 3.63) is 28.8 Å². The lowest BCUT2D eigenvalue weighted by molar-refractivity contribution is 0.0689. The summed E-state index contributed by atoms with van der Waals surface area (Å²) >= 11 is 0. The fourth-order valence-corrected chi connectivity index (χ4v) is 2.47. The smallest absolute Gasteiger partial charge is 0.339 e. The topological polar surface area (TPSA) is 65.0 Å². The molecule has 0 bridgehead atoms. The Hall–Kier alpha value is -2.01. The van der Waals surface area contributed by atoms with Gasteiger partial charge in [0.15, 0.2) is 0 Å². The summed E-state index contributed by atoms with van der Waals surface area (Å²) in [7, 11) is 1.57. The predicted molar refractivity (Wildman–Crippen MR) is 83.7 cm³/mol. The van der Waals surface area contributed by atoms with Gasteiger partial charge < -0.3 is 19.3 Å². The minimum atomic E-state index is -1.02. The van der Waals surface area contributed by atoms with Crippen LogP contribution in [0.1, 0.15) is 43.6 Å². The number of carboxylic acids is 1. The molecule has 1 aromatic carbocycles. The van der Waals surface area contributed by atoms with Gasteiger partial charge in [-0.3, -0.25) is 0 Å². The molecule has 1 N–H and O–H groups in total. The lowest BCUT2D eigenvalue weighted by Crippen LogP contribution is -2.33. The number of hydrogen-bond donors (Lipinski definition) is 1. The Morgan fingerprint density at radius 3 is 2.55 bits per heavy atom. The molecule has 0 saturated heterocycles. The van der Waals surface area contributed by atoms with E-state index in [0.717, 1.165) is 16.7 Å². The van der Waals surface area contributed by atoms with E-state index < -0.39 is 11.6 Å². The van der Waals surface area contributed by atoms with Gasteiger partial charge in [0, 0.05) is 18.7 Å². The van der Waals surface area contributed by atoms with E-state index in [9.17, 15) is 9.90 Å². The summed E-state index contributed by atoms with van der Waals surface area (Å²) in [6.45, 7) is 8.64. The zero-order valence-electron chi connectivity index (χ0n) is 13.6. The number of carbonyl (C=O) groups is 1. The van der Waals surface area contributed by atoms with Crippen LogP contribution in [0.5, 0.6) is 11.5 Å². The SMILES string of the molecule is COCCOc1cc2c(cc1C(=O)O)C(C)=C(C)C(C)(C)O2. The van der Waals surface area contributed by atoms with E-state index in [1.165, 1.54) is 0 Å². The first-order chi connectivity index (χ1) is 10.3. The summed E-state index contributed by atoms with van der Waals surface area (Å²) in [5, 5.41) is 9.41. The second-order valence-electron chi connectivity index (χ2n) is 5.85. The largest absolute Gasteiger partial charge is 0.490 e. The monoisotopic (exact) mass is 306 g/mol. The van der Waals surface area contributed by atoms with E-state index in [1.54, 1.807) is 19.2 Å². The Kier molecular flexibility index (Phi) is 4.47. The van der Waals surface area contributed by atoms with Crippen LogP contribution in [0.25, 0.3) is 5.57 Å². The number of hydrogen-bond acceptors (Lipinski definition) is 4. The van der Waals surface area contributed by atoms with Gasteiger partial charge in [0.1, 0.15) is 29.3 Å². The molecule has 1 aromatic rings. The molecule has 0 atom stereocenters. The van der Waals surface area contributed by atoms with Crippen LogP contribution in [0.2, 0.25) is 0 Å². The van der Waals surface area contributed by atoms with Crippen LogP contribution >= 0.6 is 0 Å². The van der Waals surface area contributed by atoms with Gasteiger partial charge in [-0.05, 0) is 44.9 Å². The number of allylic oxidation sites excluding steroid dienone is 1. The average Bonchev–Trinajstić information content (AvgIpc) is 2.44. The molecule has 0 amide bonds. The molecule has 0 saturated carbocycles. The van der Waals surface area contributed by atoms with E-state index in [0.29, 0.717) is 18.1 Å². The van der Waals surface area contributed by atoms with Crippen molar-refractivity contribution in [3.63, 3.8) is 0 Å². The Bertz CT molecular complexity index is 628. The molecule has 0 aliphatic carbocycles. The number of aromatic carboxylic acids is 1. The zero-order valence-corrected chi connectivity index (χ0v) is 13.6. The third kappa shape index (κ3) is 2.95. The third-order valence-electron chi connectivity index (χ3n) is 4.09. The van der Waals surface area contributed by atoms with Crippen molar-refractivity contribution in [1.82, 2.24) is 0 Å². The van der Waals surface area contributed by atoms with Crippen molar-refractivity contribution in [2.75, 3.05) is 20.3 Å². The average molecular weight is 306 g/mol. The normalized spacial score (nSPS) is 16.0. The van der Waals surface area contributed by atoms with Gasteiger partial charge in [0.25, 0.3) is 0 Å². The van der Waals surface area contributed by atoms with Crippen LogP contribution in [0.4, 0.5) is 0 Å². The second kappa shape index (κ2) is 6.01. The maximum atomic E-state index is 11.5. The van der Waals surface area contributed by atoms with E-state index >= 15 is 0 Å². The van der Waals surface area contributed by atoms with Gasteiger partial charge in [-0.25, -0.2) is 4.79 Å². The molecule has 2 rings (SSSR count). The molecule has 1 aliphatic heterocycles. The van der Waals surface area contributed by atoms with E-state index in [4.69, 9.17) is 14.2 Å². The van der Waals surface area contributed by atoms with Gasteiger partial charge in [-0.1, -0.05) is 0 Å². The molecule has 0 radical (unpaired) electrons. The van der Waals surface area contributed by atoms with Crippen LogP contribution in [-0.2, 0) is 4.74 Å². The predicted octanol–water partition coefficient (Wildman–Crippen LogP) is 3.37. The van der Waals surface area contributed by atoms with Gasteiger partial charge in [-0.2, -0.15) is 0 Å². The number of rotatable bonds is 5. The van der Waals surface area contributed by atoms with Crippen molar-refractivity contribution in [1.29, 1.82) is 0 Å². The highest BCUT2D eigenvalue weighted by Gasteiger charge is 2.32. The molecule has 22 heavy (non-hydrogen) atoms. The Morgan fingerprint density at radius 2 is 1.95 bits per heavy atom. The van der Waals surface area contributed by atoms with Crippen molar-refractivity contribution in [2.45, 2.75) is 33.3 Å². The highest BCUT2D eigenvalue weighted by molar-refractivity contribution is 5.93. The third-order valence-corrected chi connectivity index (χ3v) is 4.09. The van der Waals surface area contributed by atoms with Crippen LogP contribution in [0.3, 0.4) is 0 Å². The summed E-state index contributed by atoms with van der Waals surface area (Å²) < 4.78 is 16.5. The summed E-state index contributed by atoms with van der Waals surface area (Å²) in [6.07, 6.45) is 0. The molecule has 1 heterocycles. The number of fused-ring (bicyclic) bond motifs is 1. The van der Waals surface area contributed by atoms with Crippen molar-refractivity contribution >= 4 is 11.5 Å². The molecule has 120 valence electrons. The summed E-state index contributed by atoms with van der Waals surface area (Å²) in [5.74, 6) is -0.0810. The first kappa shape index (κ1) is 16.4. The fourth-order valence-electron chi connectivity index (χ4n) is 2.47. The Morgan fingerprint density at radius 1 is 1.27 bits per heavy atom. The standard InChI is InChI=1S/C17H22O5/c1-10-11(2)17(3,4)22-15-9-14(21-7-6-20-5)13(16(18)19)8-12(10)15/h8-9H,6-7H2,1-5H3,(H,18,19). The molecular formula is C17H22O5. The lowest BCUT2D eigenvalue weighted by Gasteiger charge is -2.35. The first-order valence-electron chi connectivity index (χ1n) is 7.18. The highest BCUT2D eigenvalue weighted by atomic mass is 16.5. The first-order valence-corrected chi connectivity index (χ1v) is 7.18.